The van der Waals surface area contributed by atoms with Gasteiger partial charge in [0, 0.05) is 35.0 Å². The van der Waals surface area contributed by atoms with Crippen molar-refractivity contribution in [3.05, 3.63) is 101 Å². The fourth-order valence-electron chi connectivity index (χ4n) is 6.43. The summed E-state index contributed by atoms with van der Waals surface area (Å²) < 4.78 is 20.8. The van der Waals surface area contributed by atoms with Crippen molar-refractivity contribution in [3.63, 3.8) is 0 Å². The molecule has 0 spiro atoms. The third-order valence-corrected chi connectivity index (χ3v) is 10.5. The predicted molar refractivity (Wildman–Crippen MR) is 193 cm³/mol. The van der Waals surface area contributed by atoms with Crippen LogP contribution in [0.5, 0.6) is 5.75 Å². The molecule has 4 aromatic carbocycles. The van der Waals surface area contributed by atoms with Gasteiger partial charge in [-0.3, -0.25) is 0 Å². The number of carboxylic acid groups (broad SMARTS) is 1. The number of hydrogen-bond donors (Lipinski definition) is 2. The first-order chi connectivity index (χ1) is 22.6. The number of carboxylic acids is 1. The Balaban J connectivity index is 1.24. The van der Waals surface area contributed by atoms with Crippen LogP contribution in [0, 0.1) is 0 Å². The zero-order valence-corrected chi connectivity index (χ0v) is 28.6. The van der Waals surface area contributed by atoms with Crippen LogP contribution in [-0.2, 0) is 11.2 Å². The van der Waals surface area contributed by atoms with Crippen LogP contribution in [0.25, 0.3) is 33.5 Å². The van der Waals surface area contributed by atoms with Crippen LogP contribution >= 0.6 is 18.7 Å². The van der Waals surface area contributed by atoms with E-state index in [9.17, 15) is 14.5 Å². The zero-order valence-electron chi connectivity index (χ0n) is 26.9. The van der Waals surface area contributed by atoms with Gasteiger partial charge in [-0.25, -0.2) is 9.78 Å². The van der Waals surface area contributed by atoms with Gasteiger partial charge in [0.15, 0.2) is 0 Å². The van der Waals surface area contributed by atoms with E-state index >= 15 is 0 Å². The van der Waals surface area contributed by atoms with E-state index in [1.807, 2.05) is 67.9 Å². The van der Waals surface area contributed by atoms with Crippen molar-refractivity contribution in [1.82, 2.24) is 9.55 Å². The Kier molecular flexibility index (Phi) is 10.0. The molecule has 1 heterocycles. The average molecular weight is 670 g/mol. The number of imidazole rings is 1. The first kappa shape index (κ1) is 32.9. The Bertz CT molecular complexity index is 1910. The minimum atomic E-state index is -2.04. The lowest BCUT2D eigenvalue weighted by molar-refractivity contribution is 0.0697. The third-order valence-electron chi connectivity index (χ3n) is 8.85. The van der Waals surface area contributed by atoms with Crippen molar-refractivity contribution in [3.8, 4) is 28.3 Å². The molecule has 5 aromatic rings. The largest absolute Gasteiger partial charge is 0.489 e. The second kappa shape index (κ2) is 14.4. The van der Waals surface area contributed by atoms with E-state index in [-0.39, 0.29) is 5.56 Å². The Labute approximate surface area is 281 Å². The summed E-state index contributed by atoms with van der Waals surface area (Å²) >= 11 is 6.18. The number of benzene rings is 4. The van der Waals surface area contributed by atoms with Gasteiger partial charge in [0.1, 0.15) is 18.2 Å². The summed E-state index contributed by atoms with van der Waals surface area (Å²) in [6.07, 6.45) is 7.33. The molecule has 0 unspecified atom stereocenters. The number of ether oxygens (including phenoxy) is 1. The molecule has 0 aliphatic heterocycles. The maximum absolute atomic E-state index is 12.1. The van der Waals surface area contributed by atoms with Gasteiger partial charge in [-0.2, -0.15) is 0 Å². The lowest BCUT2D eigenvalue weighted by Crippen LogP contribution is -2.14. The number of nitrogens with zero attached hydrogens (tertiary/aromatic N) is 2. The van der Waals surface area contributed by atoms with Gasteiger partial charge in [0.2, 0.25) is 0 Å². The summed E-state index contributed by atoms with van der Waals surface area (Å²) in [5, 5.41) is 13.7. The monoisotopic (exact) mass is 669 g/mol. The lowest BCUT2D eigenvalue weighted by Gasteiger charge is -2.25. The SMILES string of the molecule is CP(C)(=O)CCCNc1ccc(-c2ccc(Cl)cc2)c(COc2ccc(-c3nc4cc(C(=O)O)ccc4n3C3CCCCC3)cc2)c1. The van der Waals surface area contributed by atoms with E-state index in [1.165, 1.54) is 19.3 Å². The fourth-order valence-corrected chi connectivity index (χ4v) is 7.48. The van der Waals surface area contributed by atoms with Crippen molar-refractivity contribution in [2.24, 2.45) is 0 Å². The lowest BCUT2D eigenvalue weighted by atomic mass is 9.95. The number of fused-ring (bicyclic) bond motifs is 1. The molecule has 2 N–H and O–H groups in total. The highest BCUT2D eigenvalue weighted by atomic mass is 35.5. The Morgan fingerprint density at radius 1 is 0.957 bits per heavy atom. The Morgan fingerprint density at radius 2 is 1.68 bits per heavy atom. The number of hydrogen-bond acceptors (Lipinski definition) is 5. The molecule has 1 fully saturated rings. The molecular formula is C38H41ClN3O4P. The van der Waals surface area contributed by atoms with Crippen molar-refractivity contribution in [2.45, 2.75) is 51.2 Å². The standard InChI is InChI=1S/C38H41ClN3O4P/c1-47(2,45)22-6-21-40-31-16-19-34(26-9-14-30(39)15-10-26)29(23-31)25-46-33-17-11-27(12-18-33)37-41-35-24-28(38(43)44)13-20-36(35)42(37)32-7-4-3-5-8-32/h9-20,23-24,32,40H,3-8,21-22,25H2,1-2H3,(H,43,44). The second-order valence-electron chi connectivity index (χ2n) is 12.9. The molecule has 0 atom stereocenters. The minimum absolute atomic E-state index is 0.242. The van der Waals surface area contributed by atoms with Crippen molar-refractivity contribution in [1.29, 1.82) is 0 Å². The molecule has 1 saturated carbocycles. The van der Waals surface area contributed by atoms with Crippen LogP contribution < -0.4 is 10.1 Å². The molecule has 0 amide bonds. The zero-order chi connectivity index (χ0) is 33.0. The number of carbonyl (C=O) groups is 1. The molecule has 244 valence electrons. The summed E-state index contributed by atoms with van der Waals surface area (Å²) in [4.78, 5) is 16.6. The van der Waals surface area contributed by atoms with Gasteiger partial charge in [-0.05, 0) is 116 Å². The van der Waals surface area contributed by atoms with E-state index in [0.717, 1.165) is 77.0 Å². The number of nitrogens with one attached hydrogen (secondary N) is 1. The average Bonchev–Trinajstić information content (AvgIpc) is 3.45. The second-order valence-corrected chi connectivity index (χ2v) is 16.9. The molecular weight excluding hydrogens is 629 g/mol. The number of aromatic nitrogens is 2. The normalized spacial score (nSPS) is 13.9. The molecule has 9 heteroatoms. The van der Waals surface area contributed by atoms with Crippen molar-refractivity contribution < 1.29 is 19.2 Å². The Hall–Kier alpha value is -4.06. The first-order valence-electron chi connectivity index (χ1n) is 16.3. The summed E-state index contributed by atoms with van der Waals surface area (Å²) in [5.74, 6) is 0.642. The molecule has 1 aromatic heterocycles. The molecule has 7 nitrogen and oxygen atoms in total. The smallest absolute Gasteiger partial charge is 0.335 e. The van der Waals surface area contributed by atoms with E-state index in [4.69, 9.17) is 21.3 Å². The predicted octanol–water partition coefficient (Wildman–Crippen LogP) is 10.2. The number of halogens is 1. The molecule has 0 bridgehead atoms. The van der Waals surface area contributed by atoms with Gasteiger partial charge in [0.25, 0.3) is 0 Å². The quantitative estimate of drug-likeness (QED) is 0.101. The highest BCUT2D eigenvalue weighted by molar-refractivity contribution is 7.62. The number of aromatic carboxylic acids is 1. The Morgan fingerprint density at radius 3 is 2.38 bits per heavy atom. The fraction of sp³-hybridized carbons (Fsp3) is 0.316. The summed E-state index contributed by atoms with van der Waals surface area (Å²) in [7, 11) is -2.04. The first-order valence-corrected chi connectivity index (χ1v) is 19.5. The molecule has 1 aliphatic carbocycles. The van der Waals surface area contributed by atoms with Crippen molar-refractivity contribution >= 4 is 41.4 Å². The van der Waals surface area contributed by atoms with Crippen LogP contribution in [0.2, 0.25) is 5.02 Å². The van der Waals surface area contributed by atoms with Crippen LogP contribution in [0.4, 0.5) is 5.69 Å². The van der Waals surface area contributed by atoms with Crippen LogP contribution in [0.1, 0.15) is 60.5 Å². The van der Waals surface area contributed by atoms with Crippen LogP contribution in [-0.4, -0.2) is 46.7 Å². The molecule has 6 rings (SSSR count). The van der Waals surface area contributed by atoms with E-state index in [2.05, 4.69) is 28.1 Å². The summed E-state index contributed by atoms with van der Waals surface area (Å²) in [5.41, 5.74) is 7.03. The van der Waals surface area contributed by atoms with Gasteiger partial charge in [-0.1, -0.05) is 49.1 Å². The molecule has 0 radical (unpaired) electrons. The van der Waals surface area contributed by atoms with Gasteiger partial charge in [-0.15, -0.1) is 0 Å². The molecule has 1 aliphatic rings. The third kappa shape index (κ3) is 8.09. The highest BCUT2D eigenvalue weighted by Gasteiger charge is 2.23. The number of rotatable bonds is 12. The minimum Gasteiger partial charge on any atom is -0.489 e. The van der Waals surface area contributed by atoms with E-state index < -0.39 is 13.1 Å². The topological polar surface area (TPSA) is 93.4 Å². The van der Waals surface area contributed by atoms with Gasteiger partial charge < -0.3 is 24.3 Å². The molecule has 0 saturated heterocycles. The van der Waals surface area contributed by atoms with Crippen LogP contribution in [0.3, 0.4) is 0 Å². The van der Waals surface area contributed by atoms with Crippen LogP contribution in [0.15, 0.2) is 84.9 Å². The molecule has 47 heavy (non-hydrogen) atoms. The summed E-state index contributed by atoms with van der Waals surface area (Å²) in [6, 6.07) is 27.7. The van der Waals surface area contributed by atoms with E-state index in [0.29, 0.717) is 23.2 Å². The van der Waals surface area contributed by atoms with Gasteiger partial charge in [0.05, 0.1) is 23.7 Å². The van der Waals surface area contributed by atoms with E-state index in [1.54, 1.807) is 12.1 Å². The maximum Gasteiger partial charge on any atom is 0.335 e. The van der Waals surface area contributed by atoms with Gasteiger partial charge >= 0.3 is 5.97 Å². The number of anilines is 1. The maximum atomic E-state index is 12.1. The highest BCUT2D eigenvalue weighted by Crippen LogP contribution is 2.38. The summed E-state index contributed by atoms with van der Waals surface area (Å²) in [6.45, 7) is 4.78. The van der Waals surface area contributed by atoms with Crippen molar-refractivity contribution in [2.75, 3.05) is 31.4 Å².